The predicted octanol–water partition coefficient (Wildman–Crippen LogP) is 5.53. The molecular formula is C14H14Br2N2S. The van der Waals surface area contributed by atoms with Crippen LogP contribution in [0, 0.1) is 10.6 Å². The normalized spacial score (nSPS) is 11.0. The number of benzene rings is 1. The second-order valence-electron chi connectivity index (χ2n) is 4.76. The molecule has 1 heterocycles. The number of nitrogens with zero attached hydrogens (tertiary/aromatic N) is 1. The van der Waals surface area contributed by atoms with E-state index >= 15 is 0 Å². The van der Waals surface area contributed by atoms with E-state index in [4.69, 9.17) is 12.2 Å². The summed E-state index contributed by atoms with van der Waals surface area (Å²) >= 11 is 12.4. The van der Waals surface area contributed by atoms with E-state index in [1.54, 1.807) is 0 Å². The third-order valence-corrected chi connectivity index (χ3v) is 4.78. The van der Waals surface area contributed by atoms with Crippen molar-refractivity contribution in [2.45, 2.75) is 20.3 Å². The second-order valence-corrected chi connectivity index (χ2v) is 6.79. The number of aromatic amines is 1. The molecule has 0 atom stereocenters. The van der Waals surface area contributed by atoms with Crippen LogP contribution in [0.1, 0.15) is 19.5 Å². The molecule has 0 unspecified atom stereocenters. The van der Waals surface area contributed by atoms with Gasteiger partial charge in [-0.05, 0) is 34.3 Å². The van der Waals surface area contributed by atoms with Gasteiger partial charge in [0.1, 0.15) is 10.5 Å². The van der Waals surface area contributed by atoms with E-state index in [-0.39, 0.29) is 0 Å². The molecule has 0 bridgehead atoms. The Morgan fingerprint density at radius 3 is 2.58 bits per heavy atom. The maximum Gasteiger partial charge on any atom is 0.144 e. The van der Waals surface area contributed by atoms with Crippen LogP contribution in [0.5, 0.6) is 0 Å². The van der Waals surface area contributed by atoms with Gasteiger partial charge in [0.15, 0.2) is 0 Å². The van der Waals surface area contributed by atoms with E-state index in [2.05, 4.69) is 55.7 Å². The molecule has 0 radical (unpaired) electrons. The number of hydrogen-bond donors (Lipinski definition) is 1. The first-order valence-corrected chi connectivity index (χ1v) is 8.02. The Labute approximate surface area is 134 Å². The number of H-pyrrole nitrogens is 1. The molecule has 0 aliphatic heterocycles. The molecule has 2 nitrogen and oxygen atoms in total. The van der Waals surface area contributed by atoms with Gasteiger partial charge in [-0.25, -0.2) is 4.98 Å². The number of rotatable bonds is 3. The average Bonchev–Trinajstić information content (AvgIpc) is 2.35. The van der Waals surface area contributed by atoms with Crippen molar-refractivity contribution in [1.82, 2.24) is 9.97 Å². The minimum absolute atomic E-state index is 0.552. The quantitative estimate of drug-likeness (QED) is 0.685. The Morgan fingerprint density at radius 2 is 1.95 bits per heavy atom. The van der Waals surface area contributed by atoms with Crippen LogP contribution >= 0.6 is 44.1 Å². The molecule has 1 aromatic heterocycles. The first-order chi connectivity index (χ1) is 8.99. The number of halogens is 2. The third kappa shape index (κ3) is 3.52. The Kier molecular flexibility index (Phi) is 4.92. The van der Waals surface area contributed by atoms with Crippen molar-refractivity contribution in [2.24, 2.45) is 5.92 Å². The van der Waals surface area contributed by atoms with Gasteiger partial charge in [0.2, 0.25) is 0 Å². The maximum atomic E-state index is 5.33. The molecule has 5 heteroatoms. The van der Waals surface area contributed by atoms with Gasteiger partial charge in [-0.15, -0.1) is 0 Å². The molecule has 0 aliphatic carbocycles. The summed E-state index contributed by atoms with van der Waals surface area (Å²) in [4.78, 5) is 7.84. The van der Waals surface area contributed by atoms with Crippen molar-refractivity contribution < 1.29 is 0 Å². The van der Waals surface area contributed by atoms with Crippen LogP contribution in [0.3, 0.4) is 0 Å². The molecule has 0 aliphatic rings. The molecule has 0 spiro atoms. The summed E-state index contributed by atoms with van der Waals surface area (Å²) in [5, 5.41) is 0. The van der Waals surface area contributed by atoms with E-state index in [0.717, 1.165) is 32.4 Å². The zero-order valence-electron chi connectivity index (χ0n) is 10.7. The van der Waals surface area contributed by atoms with Crippen LogP contribution in [-0.2, 0) is 6.42 Å². The molecule has 1 aromatic carbocycles. The summed E-state index contributed by atoms with van der Waals surface area (Å²) in [5.41, 5.74) is 2.12. The number of hydrogen-bond acceptors (Lipinski definition) is 2. The first-order valence-electron chi connectivity index (χ1n) is 6.02. The van der Waals surface area contributed by atoms with E-state index < -0.39 is 0 Å². The maximum absolute atomic E-state index is 5.33. The molecule has 2 rings (SSSR count). The fraction of sp³-hybridized carbons (Fsp3) is 0.286. The van der Waals surface area contributed by atoms with Crippen LogP contribution in [0.4, 0.5) is 0 Å². The SMILES string of the molecule is CC(C)Cc1[nH]c(-c2ccccc2Br)nc(=S)c1Br. The summed E-state index contributed by atoms with van der Waals surface area (Å²) in [5.74, 6) is 1.35. The van der Waals surface area contributed by atoms with Gasteiger partial charge in [0.05, 0.1) is 4.47 Å². The Bertz CT molecular complexity index is 650. The van der Waals surface area contributed by atoms with Crippen molar-refractivity contribution in [2.75, 3.05) is 0 Å². The smallest absolute Gasteiger partial charge is 0.144 e. The van der Waals surface area contributed by atoms with Crippen molar-refractivity contribution in [3.8, 4) is 11.4 Å². The fourth-order valence-electron chi connectivity index (χ4n) is 1.84. The van der Waals surface area contributed by atoms with Crippen LogP contribution < -0.4 is 0 Å². The van der Waals surface area contributed by atoms with E-state index in [1.807, 2.05) is 24.3 Å². The summed E-state index contributed by atoms with van der Waals surface area (Å²) < 4.78 is 2.50. The summed E-state index contributed by atoms with van der Waals surface area (Å²) in [6.45, 7) is 4.36. The molecule has 1 N–H and O–H groups in total. The largest absolute Gasteiger partial charge is 0.342 e. The van der Waals surface area contributed by atoms with E-state index in [1.165, 1.54) is 0 Å². The number of aromatic nitrogens is 2. The van der Waals surface area contributed by atoms with Crippen molar-refractivity contribution in [1.29, 1.82) is 0 Å². The van der Waals surface area contributed by atoms with Crippen LogP contribution in [0.15, 0.2) is 33.2 Å². The zero-order valence-corrected chi connectivity index (χ0v) is 14.7. The highest BCUT2D eigenvalue weighted by Crippen LogP contribution is 2.28. The van der Waals surface area contributed by atoms with Gasteiger partial charge in [0.25, 0.3) is 0 Å². The predicted molar refractivity (Wildman–Crippen MR) is 88.8 cm³/mol. The van der Waals surface area contributed by atoms with Gasteiger partial charge in [0, 0.05) is 15.7 Å². The van der Waals surface area contributed by atoms with Crippen molar-refractivity contribution >= 4 is 44.1 Å². The molecule has 0 saturated heterocycles. The second kappa shape index (κ2) is 6.29. The molecule has 19 heavy (non-hydrogen) atoms. The van der Waals surface area contributed by atoms with Gasteiger partial charge in [-0.2, -0.15) is 0 Å². The summed E-state index contributed by atoms with van der Waals surface area (Å²) in [7, 11) is 0. The molecule has 0 fully saturated rings. The molecular weight excluding hydrogens is 388 g/mol. The summed E-state index contributed by atoms with van der Waals surface area (Å²) in [6, 6.07) is 7.99. The molecule has 0 amide bonds. The van der Waals surface area contributed by atoms with Crippen molar-refractivity contribution in [3.05, 3.63) is 43.5 Å². The lowest BCUT2D eigenvalue weighted by Crippen LogP contribution is -2.02. The lowest BCUT2D eigenvalue weighted by atomic mass is 10.1. The summed E-state index contributed by atoms with van der Waals surface area (Å²) in [6.07, 6.45) is 0.935. The average molecular weight is 402 g/mol. The number of nitrogens with one attached hydrogen (secondary N) is 1. The lowest BCUT2D eigenvalue weighted by molar-refractivity contribution is 0.632. The highest BCUT2D eigenvalue weighted by Gasteiger charge is 2.11. The lowest BCUT2D eigenvalue weighted by Gasteiger charge is -2.11. The Balaban J connectivity index is 2.57. The van der Waals surface area contributed by atoms with E-state index in [9.17, 15) is 0 Å². The fourth-order valence-corrected chi connectivity index (χ4v) is 2.87. The topological polar surface area (TPSA) is 28.7 Å². The van der Waals surface area contributed by atoms with Crippen LogP contribution in [0.25, 0.3) is 11.4 Å². The molecule has 2 aromatic rings. The minimum atomic E-state index is 0.552. The first kappa shape index (κ1) is 14.9. The minimum Gasteiger partial charge on any atom is -0.342 e. The van der Waals surface area contributed by atoms with Crippen LogP contribution in [0.2, 0.25) is 0 Å². The van der Waals surface area contributed by atoms with Crippen molar-refractivity contribution in [3.63, 3.8) is 0 Å². The van der Waals surface area contributed by atoms with Gasteiger partial charge < -0.3 is 4.98 Å². The molecule has 0 saturated carbocycles. The Hall–Kier alpha value is -0.520. The zero-order chi connectivity index (χ0) is 14.0. The van der Waals surface area contributed by atoms with Gasteiger partial charge in [-0.1, -0.05) is 60.2 Å². The standard InChI is InChI=1S/C14H14Br2N2S/c1-8(2)7-11-12(16)14(19)18-13(17-11)9-5-3-4-6-10(9)15/h3-6,8H,7H2,1-2H3,(H,17,18,19). The van der Waals surface area contributed by atoms with Crippen LogP contribution in [-0.4, -0.2) is 9.97 Å². The van der Waals surface area contributed by atoms with E-state index in [0.29, 0.717) is 10.6 Å². The highest BCUT2D eigenvalue weighted by molar-refractivity contribution is 9.11. The molecule has 100 valence electrons. The third-order valence-electron chi connectivity index (χ3n) is 2.68. The highest BCUT2D eigenvalue weighted by atomic mass is 79.9. The monoisotopic (exact) mass is 400 g/mol. The Morgan fingerprint density at radius 1 is 1.26 bits per heavy atom. The van der Waals surface area contributed by atoms with Gasteiger partial charge in [-0.3, -0.25) is 0 Å². The van der Waals surface area contributed by atoms with Gasteiger partial charge >= 0.3 is 0 Å².